The number of hydrogen-bond acceptors (Lipinski definition) is 5. The first-order valence-electron chi connectivity index (χ1n) is 9.46. The maximum absolute atomic E-state index is 12.5. The summed E-state index contributed by atoms with van der Waals surface area (Å²) in [5.41, 5.74) is 1.23. The van der Waals surface area contributed by atoms with E-state index in [0.29, 0.717) is 37.4 Å². The lowest BCUT2D eigenvalue weighted by Gasteiger charge is -2.35. The standard InChI is InChI=1S/C21H21N5O3/c27-19(15-22-17-14-23-18-8-4-5-9-26(18)21(17)29)24-10-12-25(13-11-24)20(28)16-6-2-1-3-7-16/h1-9,14,22H,10-13,15H2. The van der Waals surface area contributed by atoms with Gasteiger partial charge in [-0.2, -0.15) is 0 Å². The normalized spacial score (nSPS) is 14.1. The van der Waals surface area contributed by atoms with E-state index in [1.807, 2.05) is 18.2 Å². The molecule has 1 aliphatic rings. The van der Waals surface area contributed by atoms with E-state index in [4.69, 9.17) is 0 Å². The summed E-state index contributed by atoms with van der Waals surface area (Å²) >= 11 is 0. The first-order chi connectivity index (χ1) is 14.1. The van der Waals surface area contributed by atoms with Gasteiger partial charge in [-0.15, -0.1) is 0 Å². The number of anilines is 1. The van der Waals surface area contributed by atoms with Gasteiger partial charge in [0.2, 0.25) is 5.91 Å². The second-order valence-corrected chi connectivity index (χ2v) is 6.80. The Labute approximate surface area is 167 Å². The number of nitrogens with one attached hydrogen (secondary N) is 1. The van der Waals surface area contributed by atoms with Crippen molar-refractivity contribution in [3.63, 3.8) is 0 Å². The number of fused-ring (bicyclic) bond motifs is 1. The van der Waals surface area contributed by atoms with Gasteiger partial charge in [0.05, 0.1) is 12.7 Å². The molecule has 1 aliphatic heterocycles. The number of hydrogen-bond donors (Lipinski definition) is 1. The molecule has 0 spiro atoms. The predicted molar refractivity (Wildman–Crippen MR) is 109 cm³/mol. The summed E-state index contributed by atoms with van der Waals surface area (Å²) in [6.07, 6.45) is 3.09. The fourth-order valence-corrected chi connectivity index (χ4v) is 3.35. The number of piperazine rings is 1. The van der Waals surface area contributed by atoms with E-state index >= 15 is 0 Å². The SMILES string of the molecule is O=C(CNc1cnc2ccccn2c1=O)N1CCN(C(=O)c2ccccc2)CC1. The summed E-state index contributed by atoms with van der Waals surface area (Å²) < 4.78 is 1.43. The van der Waals surface area contributed by atoms with Gasteiger partial charge >= 0.3 is 0 Å². The fourth-order valence-electron chi connectivity index (χ4n) is 3.35. The molecule has 0 atom stereocenters. The maximum Gasteiger partial charge on any atom is 0.281 e. The molecule has 0 saturated carbocycles. The van der Waals surface area contributed by atoms with Crippen LogP contribution in [0.1, 0.15) is 10.4 Å². The van der Waals surface area contributed by atoms with Crippen molar-refractivity contribution in [2.24, 2.45) is 0 Å². The average Bonchev–Trinajstić information content (AvgIpc) is 2.79. The Morgan fingerprint density at radius 3 is 2.38 bits per heavy atom. The highest BCUT2D eigenvalue weighted by Crippen LogP contribution is 2.09. The molecule has 148 valence electrons. The van der Waals surface area contributed by atoms with Gasteiger partial charge in [-0.25, -0.2) is 4.98 Å². The van der Waals surface area contributed by atoms with Gasteiger partial charge in [0.15, 0.2) is 0 Å². The molecular weight excluding hydrogens is 370 g/mol. The van der Waals surface area contributed by atoms with Crippen LogP contribution >= 0.6 is 0 Å². The van der Waals surface area contributed by atoms with Crippen LogP contribution in [0, 0.1) is 0 Å². The summed E-state index contributed by atoms with van der Waals surface area (Å²) in [6.45, 7) is 1.91. The van der Waals surface area contributed by atoms with E-state index in [-0.39, 0.29) is 29.6 Å². The zero-order valence-electron chi connectivity index (χ0n) is 15.8. The van der Waals surface area contributed by atoms with E-state index in [9.17, 15) is 14.4 Å². The van der Waals surface area contributed by atoms with Crippen molar-refractivity contribution in [3.05, 3.63) is 76.8 Å². The highest BCUT2D eigenvalue weighted by molar-refractivity contribution is 5.94. The topological polar surface area (TPSA) is 87.0 Å². The Morgan fingerprint density at radius 2 is 1.62 bits per heavy atom. The minimum absolute atomic E-state index is 0.00243. The van der Waals surface area contributed by atoms with Crippen LogP contribution in [-0.2, 0) is 4.79 Å². The Hall–Kier alpha value is -3.68. The lowest BCUT2D eigenvalue weighted by molar-refractivity contribution is -0.130. The van der Waals surface area contributed by atoms with Gasteiger partial charge in [0, 0.05) is 37.9 Å². The molecule has 8 nitrogen and oxygen atoms in total. The molecule has 3 aromatic rings. The summed E-state index contributed by atoms with van der Waals surface area (Å²) in [5.74, 6) is -0.138. The molecule has 1 fully saturated rings. The van der Waals surface area contributed by atoms with Crippen molar-refractivity contribution in [2.75, 3.05) is 38.0 Å². The lowest BCUT2D eigenvalue weighted by atomic mass is 10.2. The third-order valence-electron chi connectivity index (χ3n) is 4.98. The van der Waals surface area contributed by atoms with Crippen LogP contribution in [0.15, 0.2) is 65.7 Å². The average molecular weight is 391 g/mol. The molecule has 1 saturated heterocycles. The number of carbonyl (C=O) groups excluding carboxylic acids is 2. The molecule has 8 heteroatoms. The molecule has 0 unspecified atom stereocenters. The molecule has 1 aromatic carbocycles. The Balaban J connectivity index is 1.33. The Morgan fingerprint density at radius 1 is 0.931 bits per heavy atom. The molecule has 2 aromatic heterocycles. The smallest absolute Gasteiger partial charge is 0.281 e. The second-order valence-electron chi connectivity index (χ2n) is 6.80. The summed E-state index contributed by atoms with van der Waals surface area (Å²) in [6, 6.07) is 14.4. The van der Waals surface area contributed by atoms with Crippen LogP contribution in [0.25, 0.3) is 5.65 Å². The third-order valence-corrected chi connectivity index (χ3v) is 4.98. The van der Waals surface area contributed by atoms with Gasteiger partial charge in [0.1, 0.15) is 11.3 Å². The molecule has 1 N–H and O–H groups in total. The van der Waals surface area contributed by atoms with E-state index in [2.05, 4.69) is 10.3 Å². The van der Waals surface area contributed by atoms with Crippen molar-refractivity contribution < 1.29 is 9.59 Å². The van der Waals surface area contributed by atoms with Crippen LogP contribution in [0.4, 0.5) is 5.69 Å². The van der Waals surface area contributed by atoms with Crippen molar-refractivity contribution in [3.8, 4) is 0 Å². The number of amides is 2. The van der Waals surface area contributed by atoms with Crippen LogP contribution < -0.4 is 10.9 Å². The van der Waals surface area contributed by atoms with Crippen molar-refractivity contribution in [1.29, 1.82) is 0 Å². The molecule has 3 heterocycles. The molecule has 4 rings (SSSR count). The van der Waals surface area contributed by atoms with Gasteiger partial charge in [-0.1, -0.05) is 24.3 Å². The molecule has 0 aliphatic carbocycles. The first-order valence-corrected chi connectivity index (χ1v) is 9.46. The van der Waals surface area contributed by atoms with Crippen LogP contribution in [0.3, 0.4) is 0 Å². The molecule has 2 amide bonds. The largest absolute Gasteiger partial charge is 0.370 e. The Bertz CT molecular complexity index is 1090. The van der Waals surface area contributed by atoms with Crippen molar-refractivity contribution in [1.82, 2.24) is 19.2 Å². The van der Waals surface area contributed by atoms with Gasteiger partial charge in [-0.05, 0) is 24.3 Å². The van der Waals surface area contributed by atoms with Crippen LogP contribution in [-0.4, -0.2) is 63.7 Å². The predicted octanol–water partition coefficient (Wildman–Crippen LogP) is 1.09. The van der Waals surface area contributed by atoms with E-state index < -0.39 is 0 Å². The number of rotatable bonds is 4. The fraction of sp³-hybridized carbons (Fsp3) is 0.238. The van der Waals surface area contributed by atoms with Gasteiger partial charge < -0.3 is 15.1 Å². The Kier molecular flexibility index (Phi) is 5.24. The molecule has 0 radical (unpaired) electrons. The van der Waals surface area contributed by atoms with Crippen molar-refractivity contribution in [2.45, 2.75) is 0 Å². The number of aromatic nitrogens is 2. The van der Waals surface area contributed by atoms with Crippen molar-refractivity contribution >= 4 is 23.1 Å². The highest BCUT2D eigenvalue weighted by atomic mass is 16.2. The van der Waals surface area contributed by atoms with Gasteiger partial charge in [0.25, 0.3) is 11.5 Å². The third kappa shape index (κ3) is 3.96. The molecule has 0 bridgehead atoms. The number of pyridine rings is 1. The summed E-state index contributed by atoms with van der Waals surface area (Å²) in [4.78, 5) is 45.2. The number of nitrogens with zero attached hydrogens (tertiary/aromatic N) is 4. The minimum Gasteiger partial charge on any atom is -0.370 e. The maximum atomic E-state index is 12.5. The summed E-state index contributed by atoms with van der Waals surface area (Å²) in [7, 11) is 0. The quantitative estimate of drug-likeness (QED) is 0.720. The van der Waals surface area contributed by atoms with Crippen LogP contribution in [0.5, 0.6) is 0 Å². The first kappa shape index (κ1) is 18.7. The summed E-state index contributed by atoms with van der Waals surface area (Å²) in [5, 5.41) is 2.89. The zero-order valence-corrected chi connectivity index (χ0v) is 15.8. The van der Waals surface area contributed by atoms with Crippen LogP contribution in [0.2, 0.25) is 0 Å². The van der Waals surface area contributed by atoms with E-state index in [0.717, 1.165) is 0 Å². The molecule has 29 heavy (non-hydrogen) atoms. The molecular formula is C21H21N5O3. The lowest BCUT2D eigenvalue weighted by Crippen LogP contribution is -2.51. The van der Waals surface area contributed by atoms with E-state index in [1.165, 1.54) is 10.6 Å². The zero-order chi connectivity index (χ0) is 20.2. The second kappa shape index (κ2) is 8.14. The minimum atomic E-state index is -0.248. The number of carbonyl (C=O) groups is 2. The van der Waals surface area contributed by atoms with E-state index in [1.54, 1.807) is 46.3 Å². The highest BCUT2D eigenvalue weighted by Gasteiger charge is 2.24. The monoisotopic (exact) mass is 391 g/mol. The van der Waals surface area contributed by atoms with Gasteiger partial charge in [-0.3, -0.25) is 18.8 Å². The number of benzene rings is 1.